The maximum Gasteiger partial charge on any atom is 0.384 e. The molecule has 23 heavy (non-hydrogen) atoms. The molecule has 124 valence electrons. The fourth-order valence-electron chi connectivity index (χ4n) is 2.67. The lowest BCUT2D eigenvalue weighted by Crippen LogP contribution is -2.28. The van der Waals surface area contributed by atoms with Crippen molar-refractivity contribution in [2.45, 2.75) is 51.5 Å². The molecule has 2 rings (SSSR count). The van der Waals surface area contributed by atoms with Gasteiger partial charge in [0.25, 0.3) is 5.78 Å². The first-order valence-corrected chi connectivity index (χ1v) is 8.42. The van der Waals surface area contributed by atoms with E-state index in [1.165, 1.54) is 6.42 Å². The van der Waals surface area contributed by atoms with Gasteiger partial charge in [-0.1, -0.05) is 44.4 Å². The zero-order chi connectivity index (χ0) is 16.7. The van der Waals surface area contributed by atoms with Crippen LogP contribution in [0.1, 0.15) is 45.4 Å². The van der Waals surface area contributed by atoms with Crippen molar-refractivity contribution in [1.29, 1.82) is 0 Å². The van der Waals surface area contributed by atoms with Crippen LogP contribution >= 0.6 is 11.8 Å². The minimum absolute atomic E-state index is 0.227. The maximum atomic E-state index is 12.3. The van der Waals surface area contributed by atoms with Crippen molar-refractivity contribution < 1.29 is 14.3 Å². The number of ether oxygens (including phenoxy) is 1. The lowest BCUT2D eigenvalue weighted by Gasteiger charge is -2.28. The van der Waals surface area contributed by atoms with Crippen LogP contribution in [0.15, 0.2) is 42.1 Å². The number of hydrogen-bond acceptors (Lipinski definition) is 4. The van der Waals surface area contributed by atoms with E-state index in [-0.39, 0.29) is 6.04 Å². The molecule has 4 nitrogen and oxygen atoms in total. The third-order valence-corrected chi connectivity index (χ3v) is 4.39. The number of benzene rings is 1. The molecular weight excluding hydrogens is 314 g/mol. The Hall–Kier alpha value is -1.81. The number of Topliss-reactive ketones (excluding diaryl/α,β-unsaturated/α-hetero) is 1. The van der Waals surface area contributed by atoms with Gasteiger partial charge in [-0.15, -0.1) is 0 Å². The van der Waals surface area contributed by atoms with Gasteiger partial charge in [0, 0.05) is 29.6 Å². The van der Waals surface area contributed by atoms with Crippen LogP contribution < -0.4 is 4.74 Å². The summed E-state index contributed by atoms with van der Waals surface area (Å²) in [7, 11) is 0. The molecule has 0 aromatic heterocycles. The first kappa shape index (κ1) is 17.5. The number of para-hydroxylation sites is 1. The van der Waals surface area contributed by atoms with Crippen molar-refractivity contribution in [1.82, 2.24) is 4.42 Å². The van der Waals surface area contributed by atoms with Crippen molar-refractivity contribution >= 4 is 23.5 Å². The summed E-state index contributed by atoms with van der Waals surface area (Å²) in [5.74, 6) is -1.16. The third kappa shape index (κ3) is 5.10. The number of hydrogen-bond donors (Lipinski definition) is 0. The van der Waals surface area contributed by atoms with Crippen LogP contribution in [0.4, 0.5) is 0 Å². The van der Waals surface area contributed by atoms with Gasteiger partial charge >= 0.3 is 5.97 Å². The normalized spacial score (nSPS) is 16.0. The van der Waals surface area contributed by atoms with Crippen LogP contribution in [0.5, 0.6) is 5.75 Å². The molecule has 0 atom stereocenters. The first-order chi connectivity index (χ1) is 11.1. The van der Waals surface area contributed by atoms with E-state index in [0.29, 0.717) is 17.7 Å². The molecular formula is C18H22ClNO3. The Bertz CT molecular complexity index is 565. The van der Waals surface area contributed by atoms with Crippen LogP contribution in [0.3, 0.4) is 0 Å². The zero-order valence-electron chi connectivity index (χ0n) is 13.3. The van der Waals surface area contributed by atoms with E-state index in [4.69, 9.17) is 16.5 Å². The first-order valence-electron chi connectivity index (χ1n) is 8.08. The lowest BCUT2D eigenvalue weighted by molar-refractivity contribution is -0.145. The number of nitrogens with zero attached hydrogens (tertiary/aromatic N) is 1. The van der Waals surface area contributed by atoms with Crippen LogP contribution in [-0.4, -0.2) is 22.2 Å². The van der Waals surface area contributed by atoms with Crippen molar-refractivity contribution in [2.75, 3.05) is 0 Å². The molecule has 0 N–H and O–H groups in total. The summed E-state index contributed by atoms with van der Waals surface area (Å²) in [6, 6.07) is 8.80. The van der Waals surface area contributed by atoms with Gasteiger partial charge in [-0.2, -0.15) is 0 Å². The molecule has 0 unspecified atom stereocenters. The summed E-state index contributed by atoms with van der Waals surface area (Å²) in [4.78, 5) is 24.3. The molecule has 1 aromatic rings. The Kier molecular flexibility index (Phi) is 6.66. The lowest BCUT2D eigenvalue weighted by atomic mass is 9.95. The molecule has 5 heteroatoms. The highest BCUT2D eigenvalue weighted by Crippen LogP contribution is 2.25. The molecule has 0 amide bonds. The van der Waals surface area contributed by atoms with Crippen molar-refractivity contribution in [3.8, 4) is 5.75 Å². The number of halogens is 1. The van der Waals surface area contributed by atoms with E-state index in [9.17, 15) is 9.59 Å². The van der Waals surface area contributed by atoms with E-state index in [1.807, 2.05) is 13.0 Å². The smallest absolute Gasteiger partial charge is 0.384 e. The fraction of sp³-hybridized carbons (Fsp3) is 0.444. The zero-order valence-corrected chi connectivity index (χ0v) is 14.1. The standard InChI is InChI=1S/C18H22ClNO3/c1-2-14(13-20(19)15-9-5-3-6-10-15)17(21)18(22)23-16-11-7-4-8-12-16/h4,7-8,11-13,15H,2-3,5-6,9-10H2,1H3/b14-13+. The molecule has 1 aromatic carbocycles. The molecule has 0 bridgehead atoms. The van der Waals surface area contributed by atoms with E-state index < -0.39 is 11.8 Å². The highest BCUT2D eigenvalue weighted by molar-refractivity contribution is 6.41. The van der Waals surface area contributed by atoms with Crippen LogP contribution in [-0.2, 0) is 9.59 Å². The summed E-state index contributed by atoms with van der Waals surface area (Å²) in [6.45, 7) is 1.82. The molecule has 0 saturated heterocycles. The van der Waals surface area contributed by atoms with Crippen LogP contribution in [0.2, 0.25) is 0 Å². The highest BCUT2D eigenvalue weighted by atomic mass is 35.5. The second kappa shape index (κ2) is 8.73. The number of ketones is 1. The van der Waals surface area contributed by atoms with Gasteiger partial charge in [-0.05, 0) is 31.4 Å². The molecule has 1 aliphatic rings. The Morgan fingerprint density at radius 2 is 1.87 bits per heavy atom. The van der Waals surface area contributed by atoms with Gasteiger partial charge in [0.1, 0.15) is 5.75 Å². The predicted octanol–water partition coefficient (Wildman–Crippen LogP) is 4.24. The number of esters is 1. The monoisotopic (exact) mass is 335 g/mol. The van der Waals surface area contributed by atoms with E-state index in [0.717, 1.165) is 25.7 Å². The molecule has 1 aliphatic carbocycles. The molecule has 1 saturated carbocycles. The van der Waals surface area contributed by atoms with Crippen LogP contribution in [0.25, 0.3) is 0 Å². The summed E-state index contributed by atoms with van der Waals surface area (Å²) in [6.07, 6.45) is 7.57. The SMILES string of the molecule is CC/C(=C\N(Cl)C1CCCCC1)C(=O)C(=O)Oc1ccccc1. The third-order valence-electron chi connectivity index (χ3n) is 4.01. The molecule has 1 fully saturated rings. The number of carbonyl (C=O) groups excluding carboxylic acids is 2. The van der Waals surface area contributed by atoms with Gasteiger partial charge in [0.2, 0.25) is 0 Å². The summed E-state index contributed by atoms with van der Waals surface area (Å²) >= 11 is 6.29. The minimum Gasteiger partial charge on any atom is -0.421 e. The van der Waals surface area contributed by atoms with Crippen molar-refractivity contribution in [2.24, 2.45) is 0 Å². The Morgan fingerprint density at radius 1 is 1.22 bits per heavy atom. The van der Waals surface area contributed by atoms with E-state index in [2.05, 4.69) is 0 Å². The average Bonchev–Trinajstić information content (AvgIpc) is 2.60. The Balaban J connectivity index is 2.01. The highest BCUT2D eigenvalue weighted by Gasteiger charge is 2.23. The second-order valence-electron chi connectivity index (χ2n) is 5.68. The second-order valence-corrected chi connectivity index (χ2v) is 6.07. The van der Waals surface area contributed by atoms with Gasteiger partial charge in [-0.25, -0.2) is 4.79 Å². The van der Waals surface area contributed by atoms with Crippen molar-refractivity contribution in [3.05, 3.63) is 42.1 Å². The molecule has 0 spiro atoms. The van der Waals surface area contributed by atoms with E-state index in [1.54, 1.807) is 34.9 Å². The summed E-state index contributed by atoms with van der Waals surface area (Å²) in [5, 5.41) is 0. The molecule has 0 heterocycles. The van der Waals surface area contributed by atoms with Crippen molar-refractivity contribution in [3.63, 3.8) is 0 Å². The van der Waals surface area contributed by atoms with Gasteiger partial charge < -0.3 is 4.74 Å². The molecule has 0 radical (unpaired) electrons. The Morgan fingerprint density at radius 3 is 2.48 bits per heavy atom. The average molecular weight is 336 g/mol. The quantitative estimate of drug-likeness (QED) is 0.256. The number of rotatable bonds is 6. The van der Waals surface area contributed by atoms with Gasteiger partial charge in [-0.3, -0.25) is 9.21 Å². The minimum atomic E-state index is -0.877. The van der Waals surface area contributed by atoms with E-state index >= 15 is 0 Å². The largest absolute Gasteiger partial charge is 0.421 e. The van der Waals surface area contributed by atoms with Gasteiger partial charge in [0.15, 0.2) is 0 Å². The maximum absolute atomic E-state index is 12.3. The van der Waals surface area contributed by atoms with Crippen LogP contribution in [0, 0.1) is 0 Å². The summed E-state index contributed by atoms with van der Waals surface area (Å²) < 4.78 is 6.66. The number of carbonyl (C=O) groups is 2. The predicted molar refractivity (Wildman–Crippen MR) is 90.0 cm³/mol. The Labute approximate surface area is 142 Å². The van der Waals surface area contributed by atoms with Gasteiger partial charge in [0.05, 0.1) is 0 Å². The summed E-state index contributed by atoms with van der Waals surface area (Å²) in [5.41, 5.74) is 0.367. The topological polar surface area (TPSA) is 46.6 Å². The molecule has 0 aliphatic heterocycles. The fourth-order valence-corrected chi connectivity index (χ4v) is 2.98.